The zero-order valence-electron chi connectivity index (χ0n) is 21.1. The van der Waals surface area contributed by atoms with Crippen LogP contribution in [0.2, 0.25) is 0 Å². The second-order valence-corrected chi connectivity index (χ2v) is 11.5. The number of carbonyl (C=O) groups is 1. The molecule has 0 heterocycles. The molecule has 0 aromatic carbocycles. The number of carbonyl (C=O) groups excluding carboxylic acids is 1. The molecule has 0 N–H and O–H groups in total. The molecule has 0 spiro atoms. The van der Waals surface area contributed by atoms with Crippen LogP contribution in [0.4, 0.5) is 0 Å². The first kappa shape index (κ1) is 23.6. The van der Waals surface area contributed by atoms with Gasteiger partial charge in [0.15, 0.2) is 5.60 Å². The van der Waals surface area contributed by atoms with Gasteiger partial charge in [-0.3, -0.25) is 4.79 Å². The highest BCUT2D eigenvalue weighted by Gasteiger charge is 2.68. The Morgan fingerprint density at radius 2 is 1.72 bits per heavy atom. The first-order chi connectivity index (χ1) is 15.1. The molecule has 0 radical (unpaired) electrons. The Hall–Kier alpha value is -1.59. The van der Waals surface area contributed by atoms with Crippen LogP contribution in [0.15, 0.2) is 10.3 Å². The van der Waals surface area contributed by atoms with Crippen LogP contribution in [-0.2, 0) is 19.2 Å². The zero-order valence-corrected chi connectivity index (χ0v) is 21.1. The Bertz CT molecular complexity index is 810. The summed E-state index contributed by atoms with van der Waals surface area (Å²) in [6.07, 6.45) is 8.77. The minimum atomic E-state index is -0.656. The van der Waals surface area contributed by atoms with E-state index in [1.165, 1.54) is 31.9 Å². The lowest BCUT2D eigenvalue weighted by Crippen LogP contribution is -2.60. The fourth-order valence-corrected chi connectivity index (χ4v) is 9.03. The summed E-state index contributed by atoms with van der Waals surface area (Å²) in [7, 11) is 3.23. The van der Waals surface area contributed by atoms with E-state index < -0.39 is 5.60 Å². The number of oxime groups is 2. The fraction of sp³-hybridized carbons (Fsp3) is 0.885. The lowest BCUT2D eigenvalue weighted by Gasteiger charge is -2.63. The molecule has 6 nitrogen and oxygen atoms in total. The van der Waals surface area contributed by atoms with Crippen molar-refractivity contribution in [2.45, 2.75) is 91.6 Å². The minimum absolute atomic E-state index is 0.105. The van der Waals surface area contributed by atoms with Crippen LogP contribution < -0.4 is 0 Å². The Morgan fingerprint density at radius 3 is 2.38 bits per heavy atom. The smallest absolute Gasteiger partial charge is 0.303 e. The van der Waals surface area contributed by atoms with Crippen LogP contribution in [0.5, 0.6) is 0 Å². The highest BCUT2D eigenvalue weighted by molar-refractivity contribution is 5.93. The Kier molecular flexibility index (Phi) is 6.13. The van der Waals surface area contributed by atoms with E-state index in [1.54, 1.807) is 14.2 Å². The van der Waals surface area contributed by atoms with Gasteiger partial charge < -0.3 is 14.4 Å². The summed E-state index contributed by atoms with van der Waals surface area (Å²) in [5.74, 6) is 3.03. The Balaban J connectivity index is 1.68. The number of nitrogens with zero attached hydrogens (tertiary/aromatic N) is 2. The molecule has 0 bridgehead atoms. The molecule has 0 aromatic heterocycles. The van der Waals surface area contributed by atoms with Crippen molar-refractivity contribution in [3.8, 4) is 0 Å². The summed E-state index contributed by atoms with van der Waals surface area (Å²) in [6.45, 7) is 10.9. The van der Waals surface area contributed by atoms with Gasteiger partial charge in [-0.1, -0.05) is 31.1 Å². The number of ether oxygens (including phenoxy) is 1. The zero-order chi connectivity index (χ0) is 23.3. The Morgan fingerprint density at radius 1 is 1.00 bits per heavy atom. The average Bonchev–Trinajstić information content (AvgIpc) is 3.02. The number of esters is 1. The molecule has 0 amide bonds. The van der Waals surface area contributed by atoms with Crippen molar-refractivity contribution in [3.05, 3.63) is 0 Å². The largest absolute Gasteiger partial charge is 0.452 e. The fourth-order valence-electron chi connectivity index (χ4n) is 9.03. The minimum Gasteiger partial charge on any atom is -0.452 e. The van der Waals surface area contributed by atoms with Crippen molar-refractivity contribution in [2.24, 2.45) is 50.7 Å². The van der Waals surface area contributed by atoms with Crippen molar-refractivity contribution in [3.63, 3.8) is 0 Å². The lowest BCUT2D eigenvalue weighted by molar-refractivity contribution is -0.174. The van der Waals surface area contributed by atoms with Crippen molar-refractivity contribution in [1.29, 1.82) is 0 Å². The van der Waals surface area contributed by atoms with Crippen LogP contribution in [0.1, 0.15) is 86.0 Å². The second-order valence-electron chi connectivity index (χ2n) is 11.5. The van der Waals surface area contributed by atoms with Crippen LogP contribution >= 0.6 is 0 Å². The molecule has 180 valence electrons. The van der Waals surface area contributed by atoms with E-state index in [4.69, 9.17) is 14.4 Å². The first-order valence-electron chi connectivity index (χ1n) is 12.5. The number of fused-ring (bicyclic) bond motifs is 5. The molecule has 0 aromatic rings. The van der Waals surface area contributed by atoms with Gasteiger partial charge in [0.2, 0.25) is 0 Å². The topological polar surface area (TPSA) is 69.5 Å². The van der Waals surface area contributed by atoms with E-state index in [-0.39, 0.29) is 11.4 Å². The quantitative estimate of drug-likeness (QED) is 0.320. The highest BCUT2D eigenvalue weighted by atomic mass is 16.6. The SMILES string of the molecule is CO/N=C1/CC[C@]2(C)[C@H]3CC[C@@]4(C)[C@@H](CC[C@]4(OC(C)=O)/C(C)=N/OC)[C@@H]3C[C@H](C)[C@@H]2C1. The first-order valence-corrected chi connectivity index (χ1v) is 12.5. The van der Waals surface area contributed by atoms with Crippen molar-refractivity contribution in [2.75, 3.05) is 14.2 Å². The molecule has 8 atom stereocenters. The molecule has 0 saturated heterocycles. The molecule has 4 aliphatic carbocycles. The molecule has 32 heavy (non-hydrogen) atoms. The summed E-state index contributed by atoms with van der Waals surface area (Å²) in [6, 6.07) is 0. The van der Waals surface area contributed by atoms with Gasteiger partial charge in [0.25, 0.3) is 0 Å². The van der Waals surface area contributed by atoms with Gasteiger partial charge in [-0.05, 0) is 93.3 Å². The molecule has 0 unspecified atom stereocenters. The van der Waals surface area contributed by atoms with Gasteiger partial charge in [0.05, 0.1) is 11.4 Å². The van der Waals surface area contributed by atoms with Crippen molar-refractivity contribution in [1.82, 2.24) is 0 Å². The maximum Gasteiger partial charge on any atom is 0.303 e. The van der Waals surface area contributed by atoms with E-state index in [0.717, 1.165) is 43.7 Å². The second kappa shape index (κ2) is 8.32. The summed E-state index contributed by atoms with van der Waals surface area (Å²) >= 11 is 0. The van der Waals surface area contributed by atoms with Crippen molar-refractivity contribution >= 4 is 17.4 Å². The molecular formula is C26H42N2O4. The van der Waals surface area contributed by atoms with E-state index in [9.17, 15) is 4.79 Å². The summed E-state index contributed by atoms with van der Waals surface area (Å²) in [5.41, 5.74) is 1.63. The Labute approximate surface area is 193 Å². The third-order valence-electron chi connectivity index (χ3n) is 10.3. The van der Waals surface area contributed by atoms with E-state index in [2.05, 4.69) is 31.1 Å². The van der Waals surface area contributed by atoms with Gasteiger partial charge in [0, 0.05) is 12.3 Å². The van der Waals surface area contributed by atoms with Crippen LogP contribution in [0.25, 0.3) is 0 Å². The van der Waals surface area contributed by atoms with Gasteiger partial charge in [-0.2, -0.15) is 0 Å². The number of hydrogen-bond donors (Lipinski definition) is 0. The molecule has 4 aliphatic rings. The van der Waals surface area contributed by atoms with Gasteiger partial charge >= 0.3 is 5.97 Å². The van der Waals surface area contributed by atoms with E-state index in [0.29, 0.717) is 29.1 Å². The third kappa shape index (κ3) is 3.30. The van der Waals surface area contributed by atoms with Gasteiger partial charge in [-0.25, -0.2) is 0 Å². The molecule has 6 heteroatoms. The van der Waals surface area contributed by atoms with Crippen LogP contribution in [0.3, 0.4) is 0 Å². The van der Waals surface area contributed by atoms with E-state index >= 15 is 0 Å². The maximum absolute atomic E-state index is 12.2. The highest BCUT2D eigenvalue weighted by Crippen LogP contribution is 2.69. The standard InChI is InChI=1S/C26H42N2O4/c1-16-14-20-21(24(4)11-8-19(28-31-7)15-23(16)24)9-12-25(5)22(20)10-13-26(25,32-18(3)29)17(2)27-30-6/h16,20-23H,8-15H2,1-7H3/b27-17+,28-19-/t16-,20+,21-,22-,23-,24+,25-,26-/m0/s1. The monoisotopic (exact) mass is 446 g/mol. The predicted octanol–water partition coefficient (Wildman–Crippen LogP) is 5.60. The van der Waals surface area contributed by atoms with Crippen LogP contribution in [-0.4, -0.2) is 37.2 Å². The summed E-state index contributed by atoms with van der Waals surface area (Å²) in [5, 5.41) is 8.64. The van der Waals surface area contributed by atoms with Gasteiger partial charge in [-0.15, -0.1) is 0 Å². The van der Waals surface area contributed by atoms with Gasteiger partial charge in [0.1, 0.15) is 14.2 Å². The summed E-state index contributed by atoms with van der Waals surface area (Å²) in [4.78, 5) is 22.5. The molecule has 4 rings (SSSR count). The van der Waals surface area contributed by atoms with Crippen LogP contribution in [0, 0.1) is 40.4 Å². The molecular weight excluding hydrogens is 404 g/mol. The molecule has 0 aliphatic heterocycles. The maximum atomic E-state index is 12.2. The number of rotatable bonds is 4. The van der Waals surface area contributed by atoms with E-state index in [1.807, 2.05) is 6.92 Å². The predicted molar refractivity (Wildman–Crippen MR) is 125 cm³/mol. The molecule has 4 saturated carbocycles. The summed E-state index contributed by atoms with van der Waals surface area (Å²) < 4.78 is 6.19. The normalized spacial score (nSPS) is 47.3. The number of hydrogen-bond acceptors (Lipinski definition) is 6. The van der Waals surface area contributed by atoms with Crippen molar-refractivity contribution < 1.29 is 19.2 Å². The lowest BCUT2D eigenvalue weighted by atomic mass is 9.42. The average molecular weight is 447 g/mol. The third-order valence-corrected chi connectivity index (χ3v) is 10.3. The molecule has 4 fully saturated rings.